The number of ether oxygens (including phenoxy) is 1. The number of aromatic nitrogens is 1. The van der Waals surface area contributed by atoms with E-state index in [0.717, 1.165) is 16.4 Å². The standard InChI is InChI=1S/C23H15BCl2FN3O2/c24-19-16-3-1-2-4-18(16)30-21(19)23(31)29-11-13-5-6-17(26)22(20(13)27)32-15-8-12(10-28)7-14(25)9-15/h1-9,30H,11,24H2,(H,29,31). The molecule has 0 saturated carbocycles. The molecule has 4 aromatic rings. The minimum absolute atomic E-state index is 0.0440. The molecule has 4 rings (SSSR count). The number of rotatable bonds is 5. The summed E-state index contributed by atoms with van der Waals surface area (Å²) < 4.78 is 20.7. The zero-order chi connectivity index (χ0) is 22.8. The van der Waals surface area contributed by atoms with Crippen molar-refractivity contribution in [2.45, 2.75) is 6.54 Å². The minimum atomic E-state index is -0.718. The van der Waals surface area contributed by atoms with Gasteiger partial charge >= 0.3 is 0 Å². The van der Waals surface area contributed by atoms with Crippen molar-refractivity contribution in [3.05, 3.63) is 87.3 Å². The quantitative estimate of drug-likeness (QED) is 0.427. The first-order valence-electron chi connectivity index (χ1n) is 9.58. The summed E-state index contributed by atoms with van der Waals surface area (Å²) in [6.45, 7) is -0.0774. The fourth-order valence-corrected chi connectivity index (χ4v) is 3.79. The van der Waals surface area contributed by atoms with Crippen LogP contribution in [0.2, 0.25) is 10.0 Å². The zero-order valence-electron chi connectivity index (χ0n) is 16.8. The molecular weight excluding hydrogens is 451 g/mol. The van der Waals surface area contributed by atoms with E-state index in [1.807, 2.05) is 38.2 Å². The van der Waals surface area contributed by atoms with Crippen LogP contribution in [-0.2, 0) is 6.54 Å². The number of hydrogen-bond donors (Lipinski definition) is 2. The molecule has 5 nitrogen and oxygen atoms in total. The van der Waals surface area contributed by atoms with Crippen molar-refractivity contribution < 1.29 is 13.9 Å². The van der Waals surface area contributed by atoms with Crippen molar-refractivity contribution in [3.63, 3.8) is 0 Å². The third-order valence-electron chi connectivity index (χ3n) is 4.98. The second-order valence-electron chi connectivity index (χ2n) is 7.09. The minimum Gasteiger partial charge on any atom is -0.453 e. The first-order valence-corrected chi connectivity index (χ1v) is 10.3. The van der Waals surface area contributed by atoms with E-state index < -0.39 is 5.82 Å². The van der Waals surface area contributed by atoms with Crippen LogP contribution in [0.5, 0.6) is 11.5 Å². The number of hydrogen-bond acceptors (Lipinski definition) is 3. The van der Waals surface area contributed by atoms with Gasteiger partial charge in [0, 0.05) is 22.6 Å². The average molecular weight is 466 g/mol. The molecule has 9 heteroatoms. The van der Waals surface area contributed by atoms with E-state index in [1.54, 1.807) is 0 Å². The topological polar surface area (TPSA) is 77.9 Å². The summed E-state index contributed by atoms with van der Waals surface area (Å²) in [5, 5.41) is 13.1. The van der Waals surface area contributed by atoms with Gasteiger partial charge in [-0.05, 0) is 35.7 Å². The molecule has 3 aromatic carbocycles. The highest BCUT2D eigenvalue weighted by Crippen LogP contribution is 2.35. The summed E-state index contributed by atoms with van der Waals surface area (Å²) in [5.41, 5.74) is 2.53. The van der Waals surface area contributed by atoms with Gasteiger partial charge in [-0.1, -0.05) is 52.9 Å². The number of carbonyl (C=O) groups excluding carboxylic acids is 1. The van der Waals surface area contributed by atoms with Crippen molar-refractivity contribution in [2.75, 3.05) is 0 Å². The zero-order valence-corrected chi connectivity index (χ0v) is 18.3. The lowest BCUT2D eigenvalue weighted by atomic mass is 9.92. The first-order chi connectivity index (χ1) is 15.4. The van der Waals surface area contributed by atoms with Gasteiger partial charge in [-0.25, -0.2) is 4.39 Å². The van der Waals surface area contributed by atoms with E-state index in [9.17, 15) is 4.79 Å². The highest BCUT2D eigenvalue weighted by Gasteiger charge is 2.18. The van der Waals surface area contributed by atoms with Crippen LogP contribution >= 0.6 is 23.2 Å². The fourth-order valence-electron chi connectivity index (χ4n) is 3.38. The maximum atomic E-state index is 15.1. The molecule has 0 radical (unpaired) electrons. The molecule has 0 bridgehead atoms. The summed E-state index contributed by atoms with van der Waals surface area (Å²) in [5.74, 6) is -1.12. The molecule has 2 N–H and O–H groups in total. The van der Waals surface area contributed by atoms with Gasteiger partial charge in [0.05, 0.1) is 22.3 Å². The van der Waals surface area contributed by atoms with Crippen LogP contribution < -0.4 is 15.5 Å². The van der Waals surface area contributed by atoms with Gasteiger partial charge in [-0.2, -0.15) is 5.26 Å². The lowest BCUT2D eigenvalue weighted by molar-refractivity contribution is 0.0947. The molecule has 1 aromatic heterocycles. The molecule has 0 aliphatic rings. The van der Waals surface area contributed by atoms with Crippen LogP contribution in [0.4, 0.5) is 4.39 Å². The van der Waals surface area contributed by atoms with Gasteiger partial charge in [0.1, 0.15) is 13.6 Å². The number of halogens is 3. The number of nitrogens with zero attached hydrogens (tertiary/aromatic N) is 1. The molecule has 0 aliphatic carbocycles. The predicted octanol–water partition coefficient (Wildman–Crippen LogP) is 4.47. The molecular formula is C23H15BCl2FN3O2. The maximum absolute atomic E-state index is 15.1. The summed E-state index contributed by atoms with van der Waals surface area (Å²) in [6.07, 6.45) is 0. The van der Waals surface area contributed by atoms with E-state index >= 15 is 4.39 Å². The Bertz CT molecular complexity index is 1400. The third kappa shape index (κ3) is 4.29. The molecule has 0 atom stereocenters. The second-order valence-corrected chi connectivity index (χ2v) is 7.94. The van der Waals surface area contributed by atoms with Crippen LogP contribution in [0.1, 0.15) is 21.6 Å². The Balaban J connectivity index is 1.56. The Morgan fingerprint density at radius 3 is 2.72 bits per heavy atom. The highest BCUT2D eigenvalue weighted by atomic mass is 35.5. The number of fused-ring (bicyclic) bond motifs is 1. The van der Waals surface area contributed by atoms with E-state index in [2.05, 4.69) is 10.3 Å². The summed E-state index contributed by atoms with van der Waals surface area (Å²) in [7, 11) is 1.85. The first kappa shape index (κ1) is 21.8. The van der Waals surface area contributed by atoms with E-state index in [4.69, 9.17) is 33.2 Å². The monoisotopic (exact) mass is 465 g/mol. The van der Waals surface area contributed by atoms with Crippen molar-refractivity contribution in [1.29, 1.82) is 5.26 Å². The average Bonchev–Trinajstić information content (AvgIpc) is 3.12. The number of para-hydroxylation sites is 1. The normalized spacial score (nSPS) is 10.7. The van der Waals surface area contributed by atoms with Gasteiger partial charge in [-0.15, -0.1) is 0 Å². The lowest BCUT2D eigenvalue weighted by Crippen LogP contribution is -2.28. The van der Waals surface area contributed by atoms with Gasteiger partial charge in [-0.3, -0.25) is 4.79 Å². The van der Waals surface area contributed by atoms with Crippen LogP contribution in [0, 0.1) is 17.1 Å². The fraction of sp³-hybridized carbons (Fsp3) is 0.0435. The highest BCUT2D eigenvalue weighted by molar-refractivity contribution is 6.42. The van der Waals surface area contributed by atoms with Crippen molar-refractivity contribution >= 4 is 53.3 Å². The number of benzene rings is 3. The Labute approximate surface area is 194 Å². The molecule has 32 heavy (non-hydrogen) atoms. The molecule has 0 spiro atoms. The largest absolute Gasteiger partial charge is 0.453 e. The molecule has 1 amide bonds. The predicted molar refractivity (Wildman–Crippen MR) is 125 cm³/mol. The Morgan fingerprint density at radius 2 is 1.97 bits per heavy atom. The molecule has 0 unspecified atom stereocenters. The van der Waals surface area contributed by atoms with E-state index in [-0.39, 0.29) is 45.1 Å². The summed E-state index contributed by atoms with van der Waals surface area (Å²) in [4.78, 5) is 15.8. The van der Waals surface area contributed by atoms with Gasteiger partial charge < -0.3 is 15.0 Å². The van der Waals surface area contributed by atoms with Crippen LogP contribution in [0.15, 0.2) is 54.6 Å². The molecule has 0 saturated heterocycles. The number of nitrogens with one attached hydrogen (secondary N) is 2. The summed E-state index contributed by atoms with van der Waals surface area (Å²) in [6, 6.07) is 16.8. The number of amides is 1. The summed E-state index contributed by atoms with van der Waals surface area (Å²) >= 11 is 12.1. The van der Waals surface area contributed by atoms with Crippen LogP contribution in [0.3, 0.4) is 0 Å². The Kier molecular flexibility index (Phi) is 6.09. The number of nitriles is 1. The van der Waals surface area contributed by atoms with E-state index in [1.165, 1.54) is 30.3 Å². The Hall–Kier alpha value is -3.47. The Morgan fingerprint density at radius 1 is 1.19 bits per heavy atom. The lowest BCUT2D eigenvalue weighted by Gasteiger charge is -2.13. The van der Waals surface area contributed by atoms with Crippen LogP contribution in [0.25, 0.3) is 10.9 Å². The van der Waals surface area contributed by atoms with Gasteiger partial charge in [0.2, 0.25) is 0 Å². The van der Waals surface area contributed by atoms with Crippen molar-refractivity contribution in [3.8, 4) is 17.6 Å². The van der Waals surface area contributed by atoms with Gasteiger partial charge in [0.15, 0.2) is 11.6 Å². The molecule has 1 heterocycles. The third-order valence-corrected chi connectivity index (χ3v) is 5.50. The molecule has 0 fully saturated rings. The van der Waals surface area contributed by atoms with E-state index in [0.29, 0.717) is 5.69 Å². The second kappa shape index (κ2) is 8.95. The molecule has 158 valence electrons. The van der Waals surface area contributed by atoms with Crippen molar-refractivity contribution in [2.24, 2.45) is 0 Å². The number of aromatic amines is 1. The molecule has 0 aliphatic heterocycles. The van der Waals surface area contributed by atoms with Gasteiger partial charge in [0.25, 0.3) is 5.91 Å². The maximum Gasteiger partial charge on any atom is 0.267 e. The SMILES string of the molecule is Bc1c(C(=O)NCc2ccc(Cl)c(Oc3cc(Cl)cc(C#N)c3)c2F)[nH]c2ccccc12. The van der Waals surface area contributed by atoms with Crippen molar-refractivity contribution in [1.82, 2.24) is 10.3 Å². The number of H-pyrrole nitrogens is 1. The van der Waals surface area contributed by atoms with Crippen LogP contribution in [-0.4, -0.2) is 18.7 Å². The smallest absolute Gasteiger partial charge is 0.267 e. The number of carbonyl (C=O) groups is 1.